The first-order chi connectivity index (χ1) is 12.6. The van der Waals surface area contributed by atoms with Gasteiger partial charge in [-0.3, -0.25) is 4.79 Å². The van der Waals surface area contributed by atoms with Crippen LogP contribution in [0.5, 0.6) is 0 Å². The molecular weight excluding hydrogens is 371 g/mol. The highest BCUT2D eigenvalue weighted by atomic mass is 35.5. The number of rotatable bonds is 6. The molecule has 2 N–H and O–H groups in total. The highest BCUT2D eigenvalue weighted by Crippen LogP contribution is 2.22. The zero-order chi connectivity index (χ0) is 18.4. The molecule has 1 heterocycles. The maximum atomic E-state index is 12.4. The minimum atomic E-state index is -0.364. The van der Waals surface area contributed by atoms with Crippen molar-refractivity contribution in [2.24, 2.45) is 0 Å². The molecule has 0 bridgehead atoms. The Kier molecular flexibility index (Phi) is 6.04. The number of hydrogen-bond donors (Lipinski definition) is 2. The molecule has 0 saturated carbocycles. The van der Waals surface area contributed by atoms with Gasteiger partial charge in [-0.05, 0) is 36.2 Å². The molecule has 2 aromatic carbocycles. The van der Waals surface area contributed by atoms with E-state index in [9.17, 15) is 4.79 Å². The zero-order valence-electron chi connectivity index (χ0n) is 13.7. The van der Waals surface area contributed by atoms with Gasteiger partial charge in [0.15, 0.2) is 0 Å². The average Bonchev–Trinajstić information content (AvgIpc) is 2.62. The van der Waals surface area contributed by atoms with Crippen molar-refractivity contribution in [2.75, 3.05) is 17.2 Å². The van der Waals surface area contributed by atoms with Crippen molar-refractivity contribution in [3.63, 3.8) is 0 Å². The van der Waals surface area contributed by atoms with Crippen molar-refractivity contribution in [1.29, 1.82) is 0 Å². The van der Waals surface area contributed by atoms with Crippen LogP contribution in [0.2, 0.25) is 10.0 Å². The van der Waals surface area contributed by atoms with Crippen LogP contribution >= 0.6 is 23.2 Å². The fourth-order valence-corrected chi connectivity index (χ4v) is 2.88. The molecule has 0 atom stereocenters. The standard InChI is InChI=1S/C19H16Cl2N4O/c20-14-10-15(21)12-16(11-14)24-18(26)17-7-9-23-19(25-17)22-8-6-13-4-2-1-3-5-13/h1-5,7,9-12H,6,8H2,(H,24,26)(H,22,23,25). The quantitative estimate of drug-likeness (QED) is 0.644. The lowest BCUT2D eigenvalue weighted by Gasteiger charge is -2.08. The first kappa shape index (κ1) is 18.2. The van der Waals surface area contributed by atoms with Crippen molar-refractivity contribution < 1.29 is 4.79 Å². The maximum Gasteiger partial charge on any atom is 0.274 e. The molecule has 0 aliphatic rings. The van der Waals surface area contributed by atoms with Crippen molar-refractivity contribution in [3.8, 4) is 0 Å². The van der Waals surface area contributed by atoms with Gasteiger partial charge in [0.2, 0.25) is 5.95 Å². The molecule has 1 aromatic heterocycles. The number of benzene rings is 2. The summed E-state index contributed by atoms with van der Waals surface area (Å²) in [6.45, 7) is 0.666. The molecule has 7 heteroatoms. The number of nitrogens with zero attached hydrogens (tertiary/aromatic N) is 2. The number of amides is 1. The second kappa shape index (κ2) is 8.65. The Bertz CT molecular complexity index is 883. The molecule has 0 aliphatic heterocycles. The molecule has 0 unspecified atom stereocenters. The lowest BCUT2D eigenvalue weighted by molar-refractivity contribution is 0.102. The normalized spacial score (nSPS) is 10.4. The van der Waals surface area contributed by atoms with Crippen LogP contribution in [0.25, 0.3) is 0 Å². The van der Waals surface area contributed by atoms with Gasteiger partial charge in [0.1, 0.15) is 5.69 Å². The summed E-state index contributed by atoms with van der Waals surface area (Å²) in [4.78, 5) is 20.8. The zero-order valence-corrected chi connectivity index (χ0v) is 15.3. The summed E-state index contributed by atoms with van der Waals surface area (Å²) in [6.07, 6.45) is 2.37. The van der Waals surface area contributed by atoms with E-state index in [4.69, 9.17) is 23.2 Å². The lowest BCUT2D eigenvalue weighted by atomic mass is 10.1. The largest absolute Gasteiger partial charge is 0.354 e. The van der Waals surface area contributed by atoms with Gasteiger partial charge in [0.25, 0.3) is 5.91 Å². The second-order valence-corrected chi connectivity index (χ2v) is 6.41. The fraction of sp³-hybridized carbons (Fsp3) is 0.105. The third kappa shape index (κ3) is 5.18. The Hall–Kier alpha value is -2.63. The molecule has 0 saturated heterocycles. The van der Waals surface area contributed by atoms with Gasteiger partial charge in [-0.2, -0.15) is 0 Å². The van der Waals surface area contributed by atoms with Crippen LogP contribution in [-0.4, -0.2) is 22.4 Å². The summed E-state index contributed by atoms with van der Waals surface area (Å²) in [6, 6.07) is 16.5. The monoisotopic (exact) mass is 386 g/mol. The molecule has 132 valence electrons. The molecule has 0 aliphatic carbocycles. The summed E-state index contributed by atoms with van der Waals surface area (Å²) in [5.74, 6) is 0.0366. The van der Waals surface area contributed by atoms with E-state index in [2.05, 4.69) is 32.7 Å². The smallest absolute Gasteiger partial charge is 0.274 e. The average molecular weight is 387 g/mol. The fourth-order valence-electron chi connectivity index (χ4n) is 2.35. The number of aromatic nitrogens is 2. The Morgan fingerprint density at radius 1 is 1.00 bits per heavy atom. The summed E-state index contributed by atoms with van der Waals surface area (Å²) in [7, 11) is 0. The van der Waals surface area contributed by atoms with Gasteiger partial charge < -0.3 is 10.6 Å². The van der Waals surface area contributed by atoms with E-state index in [0.717, 1.165) is 6.42 Å². The van der Waals surface area contributed by atoms with Crippen LogP contribution in [-0.2, 0) is 6.42 Å². The van der Waals surface area contributed by atoms with E-state index in [0.29, 0.717) is 28.2 Å². The van der Waals surface area contributed by atoms with Crippen molar-refractivity contribution >= 4 is 40.7 Å². The topological polar surface area (TPSA) is 66.9 Å². The highest BCUT2D eigenvalue weighted by molar-refractivity contribution is 6.35. The maximum absolute atomic E-state index is 12.4. The van der Waals surface area contributed by atoms with Crippen LogP contribution in [0.15, 0.2) is 60.8 Å². The second-order valence-electron chi connectivity index (χ2n) is 5.54. The van der Waals surface area contributed by atoms with Gasteiger partial charge in [0, 0.05) is 28.5 Å². The van der Waals surface area contributed by atoms with Crippen molar-refractivity contribution in [1.82, 2.24) is 9.97 Å². The number of carbonyl (C=O) groups excluding carboxylic acids is 1. The summed E-state index contributed by atoms with van der Waals surface area (Å²) in [5, 5.41) is 6.74. The van der Waals surface area contributed by atoms with Crippen LogP contribution in [0.1, 0.15) is 16.1 Å². The molecule has 3 aromatic rings. The van der Waals surface area contributed by atoms with Crippen LogP contribution in [0.3, 0.4) is 0 Å². The van der Waals surface area contributed by atoms with Crippen LogP contribution < -0.4 is 10.6 Å². The summed E-state index contributed by atoms with van der Waals surface area (Å²) < 4.78 is 0. The number of nitrogens with one attached hydrogen (secondary N) is 2. The molecule has 0 fully saturated rings. The van der Waals surface area contributed by atoms with Crippen molar-refractivity contribution in [2.45, 2.75) is 6.42 Å². The molecular formula is C19H16Cl2N4O. The van der Waals surface area contributed by atoms with Crippen LogP contribution in [0.4, 0.5) is 11.6 Å². The van der Waals surface area contributed by atoms with E-state index in [1.165, 1.54) is 11.8 Å². The lowest BCUT2D eigenvalue weighted by Crippen LogP contribution is -2.16. The van der Waals surface area contributed by atoms with Crippen LogP contribution in [0, 0.1) is 0 Å². The molecule has 0 spiro atoms. The summed E-state index contributed by atoms with van der Waals surface area (Å²) in [5.41, 5.74) is 1.97. The number of anilines is 2. The Morgan fingerprint density at radius 2 is 1.73 bits per heavy atom. The van der Waals surface area contributed by atoms with Gasteiger partial charge in [-0.15, -0.1) is 0 Å². The minimum absolute atomic E-state index is 0.248. The molecule has 0 radical (unpaired) electrons. The summed E-state index contributed by atoms with van der Waals surface area (Å²) >= 11 is 11.9. The molecule has 1 amide bonds. The molecule has 26 heavy (non-hydrogen) atoms. The highest BCUT2D eigenvalue weighted by Gasteiger charge is 2.10. The molecule has 3 rings (SSSR count). The predicted octanol–water partition coefficient (Wildman–Crippen LogP) is 4.69. The number of halogens is 2. The number of carbonyl (C=O) groups is 1. The van der Waals surface area contributed by atoms with Gasteiger partial charge in [0.05, 0.1) is 0 Å². The van der Waals surface area contributed by atoms with Gasteiger partial charge in [-0.25, -0.2) is 9.97 Å². The van der Waals surface area contributed by atoms with Gasteiger partial charge in [-0.1, -0.05) is 53.5 Å². The molecule has 5 nitrogen and oxygen atoms in total. The Morgan fingerprint density at radius 3 is 2.46 bits per heavy atom. The van der Waals surface area contributed by atoms with E-state index >= 15 is 0 Å². The number of hydrogen-bond acceptors (Lipinski definition) is 4. The van der Waals surface area contributed by atoms with Crippen molar-refractivity contribution in [3.05, 3.63) is 82.1 Å². The van der Waals surface area contributed by atoms with E-state index < -0.39 is 0 Å². The first-order valence-electron chi connectivity index (χ1n) is 7.98. The van der Waals surface area contributed by atoms with Gasteiger partial charge >= 0.3 is 0 Å². The third-order valence-electron chi connectivity index (χ3n) is 3.55. The minimum Gasteiger partial charge on any atom is -0.354 e. The third-order valence-corrected chi connectivity index (χ3v) is 3.98. The van der Waals surface area contributed by atoms with E-state index in [1.807, 2.05) is 18.2 Å². The SMILES string of the molecule is O=C(Nc1cc(Cl)cc(Cl)c1)c1ccnc(NCCc2ccccc2)n1. The Labute approximate surface area is 161 Å². The van der Waals surface area contributed by atoms with E-state index in [-0.39, 0.29) is 11.6 Å². The van der Waals surface area contributed by atoms with E-state index in [1.54, 1.807) is 24.3 Å². The predicted molar refractivity (Wildman–Crippen MR) is 105 cm³/mol. The Balaban J connectivity index is 1.61. The first-order valence-corrected chi connectivity index (χ1v) is 8.74.